The standard InChI is InChI=1S/C21H26N2O5S/c1-5-23-10-9-15-17(12-23)29-20(18(15)21(25)28-6-2)22-19(24)14-8-7-13(26-3)11-16(14)27-4/h7-8,11H,5-6,9-10,12H2,1-4H3,(H,22,24)/p+1. The molecule has 156 valence electrons. The number of hydrogen-bond donors (Lipinski definition) is 2. The first-order chi connectivity index (χ1) is 14.0. The highest BCUT2D eigenvalue weighted by molar-refractivity contribution is 7.17. The zero-order valence-corrected chi connectivity index (χ0v) is 18.0. The fourth-order valence-electron chi connectivity index (χ4n) is 3.50. The molecule has 1 aliphatic rings. The zero-order valence-electron chi connectivity index (χ0n) is 17.2. The quantitative estimate of drug-likeness (QED) is 0.673. The van der Waals surface area contributed by atoms with Gasteiger partial charge in [0, 0.05) is 12.5 Å². The first-order valence-corrected chi connectivity index (χ1v) is 10.5. The fourth-order valence-corrected chi connectivity index (χ4v) is 4.80. The van der Waals surface area contributed by atoms with Crippen molar-refractivity contribution in [1.82, 2.24) is 0 Å². The van der Waals surface area contributed by atoms with Crippen LogP contribution in [0, 0.1) is 0 Å². The van der Waals surface area contributed by atoms with Crippen LogP contribution >= 0.6 is 11.3 Å². The molecule has 2 aromatic rings. The van der Waals surface area contributed by atoms with Crippen molar-refractivity contribution >= 4 is 28.2 Å². The highest BCUT2D eigenvalue weighted by Crippen LogP contribution is 2.36. The minimum absolute atomic E-state index is 0.287. The maximum Gasteiger partial charge on any atom is 0.341 e. The number of nitrogens with one attached hydrogen (secondary N) is 2. The number of rotatable bonds is 7. The minimum Gasteiger partial charge on any atom is -0.497 e. The Hall–Kier alpha value is -2.58. The molecule has 1 aromatic carbocycles. The Labute approximate surface area is 174 Å². The number of anilines is 1. The van der Waals surface area contributed by atoms with Crippen LogP contribution in [0.4, 0.5) is 5.00 Å². The first kappa shape index (κ1) is 21.1. The lowest BCUT2D eigenvalue weighted by Gasteiger charge is -2.22. The van der Waals surface area contributed by atoms with Crippen LogP contribution in [0.3, 0.4) is 0 Å². The number of esters is 1. The van der Waals surface area contributed by atoms with Gasteiger partial charge in [0.05, 0.1) is 49.9 Å². The lowest BCUT2D eigenvalue weighted by Crippen LogP contribution is -3.11. The minimum atomic E-state index is -0.387. The largest absolute Gasteiger partial charge is 0.497 e. The summed E-state index contributed by atoms with van der Waals surface area (Å²) < 4.78 is 15.8. The third-order valence-corrected chi connectivity index (χ3v) is 6.24. The van der Waals surface area contributed by atoms with Crippen molar-refractivity contribution in [3.63, 3.8) is 0 Å². The molecule has 1 unspecified atom stereocenters. The van der Waals surface area contributed by atoms with Crippen molar-refractivity contribution < 1.29 is 28.7 Å². The van der Waals surface area contributed by atoms with E-state index in [9.17, 15) is 9.59 Å². The number of hydrogen-bond acceptors (Lipinski definition) is 6. The van der Waals surface area contributed by atoms with Gasteiger partial charge >= 0.3 is 5.97 Å². The van der Waals surface area contributed by atoms with Crippen LogP contribution in [0.25, 0.3) is 0 Å². The average Bonchev–Trinajstić information content (AvgIpc) is 3.09. The number of amides is 1. The van der Waals surface area contributed by atoms with Crippen LogP contribution in [0.5, 0.6) is 11.5 Å². The van der Waals surface area contributed by atoms with E-state index in [0.717, 1.165) is 36.5 Å². The number of carbonyl (C=O) groups is 2. The van der Waals surface area contributed by atoms with Gasteiger partial charge in [-0.1, -0.05) is 0 Å². The van der Waals surface area contributed by atoms with Gasteiger partial charge in [-0.05, 0) is 31.5 Å². The van der Waals surface area contributed by atoms with E-state index < -0.39 is 0 Å². The van der Waals surface area contributed by atoms with Gasteiger partial charge in [0.2, 0.25) is 0 Å². The fraction of sp³-hybridized carbons (Fsp3) is 0.429. The van der Waals surface area contributed by atoms with Gasteiger partial charge in [-0.2, -0.15) is 0 Å². The van der Waals surface area contributed by atoms with Crippen LogP contribution in [0.1, 0.15) is 45.0 Å². The van der Waals surface area contributed by atoms with Gasteiger partial charge in [-0.15, -0.1) is 11.3 Å². The maximum atomic E-state index is 13.0. The third kappa shape index (κ3) is 4.38. The molecular weight excluding hydrogens is 392 g/mol. The SMILES string of the molecule is CCOC(=O)c1c(NC(=O)c2ccc(OC)cc2OC)sc2c1CC[NH+](CC)C2. The third-order valence-electron chi connectivity index (χ3n) is 5.09. The molecule has 7 nitrogen and oxygen atoms in total. The van der Waals surface area contributed by atoms with Crippen molar-refractivity contribution in [3.05, 3.63) is 39.8 Å². The Morgan fingerprint density at radius 1 is 1.21 bits per heavy atom. The second-order valence-corrected chi connectivity index (χ2v) is 7.83. The summed E-state index contributed by atoms with van der Waals surface area (Å²) in [6.07, 6.45) is 0.797. The molecular formula is C21H27N2O5S+. The van der Waals surface area contributed by atoms with Gasteiger partial charge in [0.15, 0.2) is 0 Å². The molecule has 1 aromatic heterocycles. The number of benzene rings is 1. The number of fused-ring (bicyclic) bond motifs is 1. The summed E-state index contributed by atoms with van der Waals surface area (Å²) in [7, 11) is 3.05. The molecule has 1 atom stereocenters. The molecule has 0 fully saturated rings. The molecule has 0 saturated carbocycles. The Balaban J connectivity index is 1.95. The maximum absolute atomic E-state index is 13.0. The van der Waals surface area contributed by atoms with Crippen LogP contribution in [0.2, 0.25) is 0 Å². The zero-order chi connectivity index (χ0) is 21.0. The molecule has 3 rings (SSSR count). The summed E-state index contributed by atoms with van der Waals surface area (Å²) in [5.41, 5.74) is 1.86. The van der Waals surface area contributed by atoms with E-state index in [0.29, 0.717) is 27.6 Å². The molecule has 2 N–H and O–H groups in total. The van der Waals surface area contributed by atoms with Crippen LogP contribution in [-0.2, 0) is 17.7 Å². The first-order valence-electron chi connectivity index (χ1n) is 9.70. The molecule has 1 amide bonds. The summed E-state index contributed by atoms with van der Waals surface area (Å²) in [4.78, 5) is 28.2. The Bertz CT molecular complexity index is 909. The molecule has 0 saturated heterocycles. The van der Waals surface area contributed by atoms with Crippen LogP contribution in [-0.4, -0.2) is 45.8 Å². The van der Waals surface area contributed by atoms with E-state index >= 15 is 0 Å². The van der Waals surface area contributed by atoms with E-state index in [1.165, 1.54) is 23.3 Å². The second-order valence-electron chi connectivity index (χ2n) is 6.73. The van der Waals surface area contributed by atoms with Crippen LogP contribution in [0.15, 0.2) is 18.2 Å². The second kappa shape index (κ2) is 9.28. The molecule has 0 radical (unpaired) electrons. The van der Waals surface area contributed by atoms with Crippen molar-refractivity contribution in [2.24, 2.45) is 0 Å². The molecule has 2 heterocycles. The number of thiophene rings is 1. The van der Waals surface area contributed by atoms with Gasteiger partial charge in [0.1, 0.15) is 23.0 Å². The monoisotopic (exact) mass is 419 g/mol. The normalized spacial score (nSPS) is 15.4. The Kier molecular flexibility index (Phi) is 6.76. The van der Waals surface area contributed by atoms with E-state index in [1.807, 2.05) is 0 Å². The van der Waals surface area contributed by atoms with E-state index in [4.69, 9.17) is 14.2 Å². The summed E-state index contributed by atoms with van der Waals surface area (Å²) in [6, 6.07) is 5.00. The number of carbonyl (C=O) groups excluding carboxylic acids is 2. The topological polar surface area (TPSA) is 78.3 Å². The summed E-state index contributed by atoms with van der Waals surface area (Å²) in [5.74, 6) is 0.276. The highest BCUT2D eigenvalue weighted by atomic mass is 32.1. The number of ether oxygens (including phenoxy) is 3. The lowest BCUT2D eigenvalue weighted by molar-refractivity contribution is -0.913. The smallest absolute Gasteiger partial charge is 0.341 e. The van der Waals surface area contributed by atoms with E-state index in [-0.39, 0.29) is 18.5 Å². The van der Waals surface area contributed by atoms with Crippen molar-refractivity contribution in [2.75, 3.05) is 39.2 Å². The van der Waals surface area contributed by atoms with Crippen LogP contribution < -0.4 is 19.7 Å². The predicted molar refractivity (Wildman–Crippen MR) is 112 cm³/mol. The highest BCUT2D eigenvalue weighted by Gasteiger charge is 2.31. The molecule has 0 aliphatic carbocycles. The number of quaternary nitrogens is 1. The molecule has 1 aliphatic heterocycles. The average molecular weight is 420 g/mol. The number of likely N-dealkylation sites (N-methyl/N-ethyl adjacent to an activating group) is 1. The summed E-state index contributed by atoms with van der Waals surface area (Å²) >= 11 is 1.46. The summed E-state index contributed by atoms with van der Waals surface area (Å²) in [5, 5.41) is 3.45. The summed E-state index contributed by atoms with van der Waals surface area (Å²) in [6.45, 7) is 7.06. The molecule has 0 bridgehead atoms. The van der Waals surface area contributed by atoms with Gasteiger partial charge < -0.3 is 24.4 Å². The molecule has 29 heavy (non-hydrogen) atoms. The van der Waals surface area contributed by atoms with Crippen molar-refractivity contribution in [1.29, 1.82) is 0 Å². The molecule has 8 heteroatoms. The van der Waals surface area contributed by atoms with E-state index in [2.05, 4.69) is 12.2 Å². The lowest BCUT2D eigenvalue weighted by atomic mass is 10.0. The molecule has 0 spiro atoms. The number of methoxy groups -OCH3 is 2. The van der Waals surface area contributed by atoms with Crippen molar-refractivity contribution in [3.8, 4) is 11.5 Å². The predicted octanol–water partition coefficient (Wildman–Crippen LogP) is 2.16. The Morgan fingerprint density at radius 2 is 2.00 bits per heavy atom. The van der Waals surface area contributed by atoms with Gasteiger partial charge in [-0.25, -0.2) is 4.79 Å². The van der Waals surface area contributed by atoms with Gasteiger partial charge in [-0.3, -0.25) is 4.79 Å². The van der Waals surface area contributed by atoms with E-state index in [1.54, 1.807) is 32.2 Å². The Morgan fingerprint density at radius 3 is 2.66 bits per heavy atom. The van der Waals surface area contributed by atoms with Crippen molar-refractivity contribution in [2.45, 2.75) is 26.8 Å². The van der Waals surface area contributed by atoms with Gasteiger partial charge in [0.25, 0.3) is 5.91 Å².